The Bertz CT molecular complexity index is 1170. The lowest BCUT2D eigenvalue weighted by Gasteiger charge is -2.43. The van der Waals surface area contributed by atoms with Crippen molar-refractivity contribution in [3.8, 4) is 5.88 Å². The molecule has 1 fully saturated rings. The van der Waals surface area contributed by atoms with Gasteiger partial charge >= 0.3 is 6.03 Å². The number of rotatable bonds is 3. The summed E-state index contributed by atoms with van der Waals surface area (Å²) in [7, 11) is -4.14. The van der Waals surface area contributed by atoms with E-state index in [0.29, 0.717) is 13.2 Å². The van der Waals surface area contributed by atoms with Gasteiger partial charge in [-0.2, -0.15) is 5.10 Å². The van der Waals surface area contributed by atoms with E-state index >= 15 is 0 Å². The average Bonchev–Trinajstić information content (AvgIpc) is 3.44. The van der Waals surface area contributed by atoms with Gasteiger partial charge in [0.2, 0.25) is 5.88 Å². The highest BCUT2D eigenvalue weighted by molar-refractivity contribution is 7.90. The maximum Gasteiger partial charge on any atom is 0.333 e. The van der Waals surface area contributed by atoms with Crippen molar-refractivity contribution in [2.75, 3.05) is 18.5 Å². The molecule has 164 valence electrons. The van der Waals surface area contributed by atoms with Crippen LogP contribution in [-0.4, -0.2) is 43.0 Å². The summed E-state index contributed by atoms with van der Waals surface area (Å²) in [6.07, 6.45) is 7.99. The molecule has 2 N–H and O–H groups in total. The summed E-state index contributed by atoms with van der Waals surface area (Å²) in [4.78, 5) is 12.6. The van der Waals surface area contributed by atoms with Crippen molar-refractivity contribution < 1.29 is 22.7 Å². The monoisotopic (exact) mass is 444 g/mol. The van der Waals surface area contributed by atoms with E-state index < -0.39 is 21.7 Å². The number of hydrogen-bond acceptors (Lipinski definition) is 6. The van der Waals surface area contributed by atoms with Gasteiger partial charge in [-0.3, -0.25) is 0 Å². The molecule has 1 saturated heterocycles. The van der Waals surface area contributed by atoms with Gasteiger partial charge in [0, 0.05) is 12.1 Å². The highest BCUT2D eigenvalue weighted by atomic mass is 32.2. The third kappa shape index (κ3) is 3.03. The quantitative estimate of drug-likeness (QED) is 0.748. The molecule has 1 spiro atoms. The second-order valence-corrected chi connectivity index (χ2v) is 10.5. The topological polar surface area (TPSA) is 112 Å². The first-order valence-electron chi connectivity index (χ1n) is 10.8. The molecule has 6 rings (SSSR count). The van der Waals surface area contributed by atoms with Gasteiger partial charge in [-0.05, 0) is 60.8 Å². The average molecular weight is 445 g/mol. The molecule has 2 aliphatic carbocycles. The molecule has 31 heavy (non-hydrogen) atoms. The van der Waals surface area contributed by atoms with E-state index in [-0.39, 0.29) is 17.4 Å². The normalized spacial score (nSPS) is 23.5. The SMILES string of the molecule is O=C(Nc1c2c(cc3c1CCC3)CCC2)NS(=O)(=O)c1cnn2c1OCC1(CCO1)C2. The maximum atomic E-state index is 12.9. The standard InChI is InChI=1S/C21H24N4O5S/c26-20(23-18-15-5-1-3-13(15)9-14-4-2-6-16(14)18)24-31(27,28)17-10-22-25-11-21(7-8-30-21)12-29-19(17)25/h9-10H,1-8,11-12H2,(H2,23,24,26). The predicted octanol–water partition coefficient (Wildman–Crippen LogP) is 1.92. The molecule has 4 aliphatic rings. The van der Waals surface area contributed by atoms with Crippen LogP contribution in [0.25, 0.3) is 0 Å². The molecule has 0 saturated carbocycles. The third-order valence-corrected chi connectivity index (χ3v) is 8.18. The minimum Gasteiger partial charge on any atom is -0.474 e. The molecule has 1 aromatic heterocycles. The molecule has 2 aliphatic heterocycles. The van der Waals surface area contributed by atoms with Crippen molar-refractivity contribution in [1.82, 2.24) is 14.5 Å². The fraction of sp³-hybridized carbons (Fsp3) is 0.524. The summed E-state index contributed by atoms with van der Waals surface area (Å²) < 4.78 is 40.8. The van der Waals surface area contributed by atoms with E-state index in [2.05, 4.69) is 21.2 Å². The van der Waals surface area contributed by atoms with E-state index in [4.69, 9.17) is 9.47 Å². The van der Waals surface area contributed by atoms with E-state index in [1.165, 1.54) is 22.0 Å². The lowest BCUT2D eigenvalue weighted by molar-refractivity contribution is -0.187. The van der Waals surface area contributed by atoms with Crippen LogP contribution >= 0.6 is 0 Å². The van der Waals surface area contributed by atoms with Crippen LogP contribution in [0.3, 0.4) is 0 Å². The van der Waals surface area contributed by atoms with Crippen molar-refractivity contribution in [2.45, 2.75) is 62.0 Å². The third-order valence-electron chi connectivity index (χ3n) is 6.86. The van der Waals surface area contributed by atoms with Crippen LogP contribution in [0.5, 0.6) is 5.88 Å². The lowest BCUT2D eigenvalue weighted by atomic mass is 9.95. The Balaban J connectivity index is 1.24. The van der Waals surface area contributed by atoms with E-state index in [1.54, 1.807) is 0 Å². The molecular formula is C21H24N4O5S. The number of nitrogens with one attached hydrogen (secondary N) is 2. The number of aryl methyl sites for hydroxylation is 2. The maximum absolute atomic E-state index is 12.9. The fourth-order valence-electron chi connectivity index (χ4n) is 5.23. The number of hydrogen-bond donors (Lipinski definition) is 2. The molecule has 9 nitrogen and oxygen atoms in total. The summed E-state index contributed by atoms with van der Waals surface area (Å²) >= 11 is 0. The van der Waals surface area contributed by atoms with Gasteiger partial charge in [0.25, 0.3) is 10.0 Å². The second kappa shape index (κ2) is 6.70. The smallest absolute Gasteiger partial charge is 0.333 e. The summed E-state index contributed by atoms with van der Waals surface area (Å²) in [5.74, 6) is 0.142. The van der Waals surface area contributed by atoms with Gasteiger partial charge in [-0.1, -0.05) is 6.07 Å². The summed E-state index contributed by atoms with van der Waals surface area (Å²) in [5.41, 5.74) is 5.21. The molecule has 10 heteroatoms. The van der Waals surface area contributed by atoms with Gasteiger partial charge in [0.1, 0.15) is 12.2 Å². The number of ether oxygens (including phenoxy) is 2. The number of nitrogens with zero attached hydrogens (tertiary/aromatic N) is 2. The fourth-order valence-corrected chi connectivity index (χ4v) is 6.22. The van der Waals surface area contributed by atoms with Crippen molar-refractivity contribution in [2.24, 2.45) is 0 Å². The zero-order chi connectivity index (χ0) is 21.2. The molecular weight excluding hydrogens is 420 g/mol. The van der Waals surface area contributed by atoms with Gasteiger partial charge in [-0.15, -0.1) is 0 Å². The summed E-state index contributed by atoms with van der Waals surface area (Å²) in [5, 5.41) is 7.00. The van der Waals surface area contributed by atoms with Gasteiger partial charge in [-0.25, -0.2) is 22.6 Å². The van der Waals surface area contributed by atoms with E-state index in [1.807, 2.05) is 0 Å². The zero-order valence-electron chi connectivity index (χ0n) is 17.1. The van der Waals surface area contributed by atoms with Gasteiger partial charge in [0.05, 0.1) is 19.3 Å². The largest absolute Gasteiger partial charge is 0.474 e. The number of urea groups is 1. The molecule has 1 atom stereocenters. The number of benzene rings is 1. The number of aromatic nitrogens is 2. The highest BCUT2D eigenvalue weighted by Crippen LogP contribution is 2.39. The Morgan fingerprint density at radius 1 is 1.13 bits per heavy atom. The minimum atomic E-state index is -4.14. The Kier molecular flexibility index (Phi) is 4.13. The molecule has 0 bridgehead atoms. The van der Waals surface area contributed by atoms with Gasteiger partial charge in [0.15, 0.2) is 4.90 Å². The van der Waals surface area contributed by atoms with Crippen molar-refractivity contribution in [3.05, 3.63) is 34.5 Å². The minimum absolute atomic E-state index is 0.139. The Morgan fingerprint density at radius 3 is 2.48 bits per heavy atom. The zero-order valence-corrected chi connectivity index (χ0v) is 17.9. The van der Waals surface area contributed by atoms with E-state index in [0.717, 1.165) is 61.8 Å². The molecule has 0 radical (unpaired) electrons. The van der Waals surface area contributed by atoms with Crippen LogP contribution in [0, 0.1) is 0 Å². The number of sulfonamides is 1. The number of carbonyl (C=O) groups is 1. The number of fused-ring (bicyclic) bond motifs is 3. The molecule has 3 heterocycles. The van der Waals surface area contributed by atoms with Crippen LogP contribution in [0.4, 0.5) is 10.5 Å². The molecule has 1 unspecified atom stereocenters. The second-order valence-electron chi connectivity index (χ2n) is 8.84. The Hall–Kier alpha value is -2.59. The van der Waals surface area contributed by atoms with Crippen LogP contribution in [0.1, 0.15) is 41.5 Å². The first-order chi connectivity index (χ1) is 14.9. The Morgan fingerprint density at radius 2 is 1.84 bits per heavy atom. The van der Waals surface area contributed by atoms with Crippen LogP contribution in [0.2, 0.25) is 0 Å². The predicted molar refractivity (Wildman–Crippen MR) is 111 cm³/mol. The Labute approximate surface area is 180 Å². The first-order valence-corrected chi connectivity index (χ1v) is 12.3. The number of anilines is 1. The highest BCUT2D eigenvalue weighted by Gasteiger charge is 2.45. The molecule has 2 amide bonds. The van der Waals surface area contributed by atoms with Crippen LogP contribution in [0.15, 0.2) is 17.2 Å². The molecule has 2 aromatic rings. The summed E-state index contributed by atoms with van der Waals surface area (Å²) in [6.45, 7) is 1.38. The van der Waals surface area contributed by atoms with Crippen LogP contribution in [-0.2, 0) is 47.0 Å². The first kappa shape index (κ1) is 19.1. The van der Waals surface area contributed by atoms with Crippen molar-refractivity contribution in [1.29, 1.82) is 0 Å². The van der Waals surface area contributed by atoms with Crippen molar-refractivity contribution >= 4 is 21.7 Å². The number of amides is 2. The van der Waals surface area contributed by atoms with Crippen molar-refractivity contribution in [3.63, 3.8) is 0 Å². The van der Waals surface area contributed by atoms with Gasteiger partial charge < -0.3 is 14.8 Å². The number of carbonyl (C=O) groups excluding carboxylic acids is 1. The molecule has 1 aromatic carbocycles. The van der Waals surface area contributed by atoms with Crippen LogP contribution < -0.4 is 14.8 Å². The van der Waals surface area contributed by atoms with E-state index in [9.17, 15) is 13.2 Å². The lowest BCUT2D eigenvalue weighted by Crippen LogP contribution is -2.54. The summed E-state index contributed by atoms with van der Waals surface area (Å²) in [6, 6.07) is 1.50.